The van der Waals surface area contributed by atoms with Crippen molar-refractivity contribution in [3.05, 3.63) is 84.0 Å². The van der Waals surface area contributed by atoms with Crippen molar-refractivity contribution in [1.82, 2.24) is 15.6 Å². The van der Waals surface area contributed by atoms with E-state index in [0.29, 0.717) is 29.4 Å². The van der Waals surface area contributed by atoms with Gasteiger partial charge in [0.05, 0.1) is 10.7 Å². The molecule has 2 aliphatic heterocycles. The summed E-state index contributed by atoms with van der Waals surface area (Å²) in [5.41, 5.74) is 5.73. The van der Waals surface area contributed by atoms with Gasteiger partial charge in [-0.2, -0.15) is 0 Å². The van der Waals surface area contributed by atoms with E-state index >= 15 is 0 Å². The van der Waals surface area contributed by atoms with Crippen LogP contribution in [0.15, 0.2) is 79.0 Å². The molecule has 3 heterocycles. The molecule has 0 bridgehead atoms. The van der Waals surface area contributed by atoms with Crippen molar-refractivity contribution in [2.75, 3.05) is 49.1 Å². The lowest BCUT2D eigenvalue weighted by molar-refractivity contribution is 0.252. The number of carbonyl (C=O) groups excluding carboxylic acids is 1. The first-order valence-corrected chi connectivity index (χ1v) is 13.2. The van der Waals surface area contributed by atoms with Crippen LogP contribution in [0.3, 0.4) is 0 Å². The summed E-state index contributed by atoms with van der Waals surface area (Å²) in [6.45, 7) is 4.76. The Morgan fingerprint density at radius 1 is 0.789 bits per heavy atom. The first kappa shape index (κ1) is 24.3. The second-order valence-corrected chi connectivity index (χ2v) is 9.88. The van der Waals surface area contributed by atoms with Gasteiger partial charge in [0.15, 0.2) is 0 Å². The Morgan fingerprint density at radius 3 is 2.21 bits per heavy atom. The van der Waals surface area contributed by atoms with E-state index in [2.05, 4.69) is 32.7 Å². The molecule has 2 saturated heterocycles. The quantitative estimate of drug-likeness (QED) is 0.326. The summed E-state index contributed by atoms with van der Waals surface area (Å²) >= 11 is 6.68. The van der Waals surface area contributed by atoms with Crippen LogP contribution in [0.2, 0.25) is 5.02 Å². The molecule has 3 aromatic carbocycles. The largest absolute Gasteiger partial charge is 0.507 e. The van der Waals surface area contributed by atoms with E-state index in [-0.39, 0.29) is 11.8 Å². The Hall–Kier alpha value is -4.07. The van der Waals surface area contributed by atoms with Crippen LogP contribution in [-0.4, -0.2) is 55.4 Å². The van der Waals surface area contributed by atoms with Gasteiger partial charge in [-0.25, -0.2) is 9.78 Å². The van der Waals surface area contributed by atoms with E-state index in [0.717, 1.165) is 59.8 Å². The highest BCUT2D eigenvalue weighted by Crippen LogP contribution is 2.43. The van der Waals surface area contributed by atoms with Gasteiger partial charge in [0.25, 0.3) is 0 Å². The van der Waals surface area contributed by atoms with Crippen LogP contribution in [0.25, 0.3) is 33.4 Å². The Kier molecular flexibility index (Phi) is 6.62. The first-order valence-electron chi connectivity index (χ1n) is 12.8. The van der Waals surface area contributed by atoms with Crippen molar-refractivity contribution in [1.29, 1.82) is 0 Å². The molecule has 0 aliphatic carbocycles. The van der Waals surface area contributed by atoms with Crippen LogP contribution >= 0.6 is 11.6 Å². The number of carbonyl (C=O) groups is 1. The van der Waals surface area contributed by atoms with Gasteiger partial charge in [-0.05, 0) is 58.7 Å². The number of anilines is 2. The molecule has 2 fully saturated rings. The van der Waals surface area contributed by atoms with Crippen LogP contribution in [0, 0.1) is 0 Å². The second-order valence-electron chi connectivity index (χ2n) is 9.48. The van der Waals surface area contributed by atoms with E-state index < -0.39 is 0 Å². The molecule has 4 aromatic rings. The van der Waals surface area contributed by atoms with Gasteiger partial charge >= 0.3 is 6.03 Å². The third-order valence-electron chi connectivity index (χ3n) is 7.12. The standard InChI is InChI=1S/C30H28ClN5O2/c31-26-18-21(6-7-27(26)36-15-12-34-30(36)38)24-16-23(20-4-2-1-3-5-20)17-25(29(24)37)22-8-9-33-28(19-22)35-13-10-32-11-14-35/h1-9,16-19,32,37H,10-15H2,(H,34,38). The molecular formula is C30H28ClN5O2. The molecule has 2 amide bonds. The molecule has 3 N–H and O–H groups in total. The maximum absolute atomic E-state index is 12.2. The lowest BCUT2D eigenvalue weighted by Crippen LogP contribution is -2.43. The fourth-order valence-electron chi connectivity index (χ4n) is 5.12. The topological polar surface area (TPSA) is 80.7 Å². The van der Waals surface area contributed by atoms with Gasteiger partial charge in [0.1, 0.15) is 11.6 Å². The monoisotopic (exact) mass is 525 g/mol. The molecule has 38 heavy (non-hydrogen) atoms. The van der Waals surface area contributed by atoms with Crippen LogP contribution in [-0.2, 0) is 0 Å². The summed E-state index contributed by atoms with van der Waals surface area (Å²) in [4.78, 5) is 20.7. The summed E-state index contributed by atoms with van der Waals surface area (Å²) in [6.07, 6.45) is 1.80. The third-order valence-corrected chi connectivity index (χ3v) is 7.42. The summed E-state index contributed by atoms with van der Waals surface area (Å²) < 4.78 is 0. The number of pyridine rings is 1. The summed E-state index contributed by atoms with van der Waals surface area (Å²) in [6, 6.07) is 23.5. The highest BCUT2D eigenvalue weighted by molar-refractivity contribution is 6.34. The Morgan fingerprint density at radius 2 is 1.53 bits per heavy atom. The zero-order chi connectivity index (χ0) is 26.1. The molecule has 192 valence electrons. The Bertz CT molecular complexity index is 1490. The fourth-order valence-corrected chi connectivity index (χ4v) is 5.40. The van der Waals surface area contributed by atoms with Gasteiger partial charge in [-0.1, -0.05) is 48.0 Å². The SMILES string of the molecule is O=C1NCCN1c1ccc(-c2cc(-c3ccccc3)cc(-c3ccnc(N4CCNCC4)c3)c2O)cc1Cl. The second kappa shape index (κ2) is 10.4. The molecule has 7 nitrogen and oxygen atoms in total. The Balaban J connectivity index is 1.47. The molecule has 6 rings (SSSR count). The van der Waals surface area contributed by atoms with Crippen molar-refractivity contribution in [2.45, 2.75) is 0 Å². The van der Waals surface area contributed by atoms with Crippen LogP contribution in [0.1, 0.15) is 0 Å². The van der Waals surface area contributed by atoms with Gasteiger partial charge in [-0.3, -0.25) is 4.90 Å². The smallest absolute Gasteiger partial charge is 0.322 e. The lowest BCUT2D eigenvalue weighted by atomic mass is 9.92. The van der Waals surface area contributed by atoms with Crippen LogP contribution < -0.4 is 20.4 Å². The van der Waals surface area contributed by atoms with E-state index in [1.165, 1.54) is 0 Å². The van der Waals surface area contributed by atoms with Crippen molar-refractivity contribution in [2.24, 2.45) is 0 Å². The number of hydrogen-bond donors (Lipinski definition) is 3. The molecule has 0 unspecified atom stereocenters. The maximum atomic E-state index is 12.2. The van der Waals surface area contributed by atoms with Crippen LogP contribution in [0.4, 0.5) is 16.3 Å². The Labute approximate surface area is 226 Å². The zero-order valence-electron chi connectivity index (χ0n) is 20.8. The fraction of sp³-hybridized carbons (Fsp3) is 0.200. The molecule has 2 aliphatic rings. The number of aromatic hydroxyl groups is 1. The van der Waals surface area contributed by atoms with Crippen molar-refractivity contribution >= 4 is 29.1 Å². The maximum Gasteiger partial charge on any atom is 0.322 e. The number of halogens is 1. The number of amides is 2. The van der Waals surface area contributed by atoms with Gasteiger partial charge < -0.3 is 20.6 Å². The number of phenols is 1. The highest BCUT2D eigenvalue weighted by Gasteiger charge is 2.24. The predicted molar refractivity (Wildman–Crippen MR) is 153 cm³/mol. The highest BCUT2D eigenvalue weighted by atomic mass is 35.5. The minimum Gasteiger partial charge on any atom is -0.507 e. The van der Waals surface area contributed by atoms with Crippen molar-refractivity contribution in [3.63, 3.8) is 0 Å². The number of rotatable bonds is 5. The van der Waals surface area contributed by atoms with Gasteiger partial charge in [0, 0.05) is 56.6 Å². The minimum atomic E-state index is -0.158. The van der Waals surface area contributed by atoms with Gasteiger partial charge in [-0.15, -0.1) is 0 Å². The van der Waals surface area contributed by atoms with Gasteiger partial charge in [0.2, 0.25) is 0 Å². The third kappa shape index (κ3) is 4.66. The summed E-state index contributed by atoms with van der Waals surface area (Å²) in [5, 5.41) is 18.3. The first-order chi connectivity index (χ1) is 18.6. The van der Waals surface area contributed by atoms with Crippen molar-refractivity contribution < 1.29 is 9.90 Å². The molecule has 0 atom stereocenters. The van der Waals surface area contributed by atoms with E-state index in [1.807, 2.05) is 60.7 Å². The number of urea groups is 1. The minimum absolute atomic E-state index is 0.158. The molecule has 1 aromatic heterocycles. The van der Waals surface area contributed by atoms with E-state index in [9.17, 15) is 9.90 Å². The predicted octanol–water partition coefficient (Wildman–Crippen LogP) is 5.38. The number of hydrogen-bond acceptors (Lipinski definition) is 5. The number of nitrogens with zero attached hydrogens (tertiary/aromatic N) is 3. The van der Waals surface area contributed by atoms with E-state index in [4.69, 9.17) is 11.6 Å². The molecular weight excluding hydrogens is 498 g/mol. The summed E-state index contributed by atoms with van der Waals surface area (Å²) in [7, 11) is 0. The average molecular weight is 526 g/mol. The molecule has 0 saturated carbocycles. The number of phenolic OH excluding ortho intramolecular Hbond substituents is 1. The molecule has 0 spiro atoms. The zero-order valence-corrected chi connectivity index (χ0v) is 21.6. The lowest BCUT2D eigenvalue weighted by Gasteiger charge is -2.28. The van der Waals surface area contributed by atoms with E-state index in [1.54, 1.807) is 11.1 Å². The van der Waals surface area contributed by atoms with Crippen molar-refractivity contribution in [3.8, 4) is 39.1 Å². The normalized spacial score (nSPS) is 15.6. The molecule has 0 radical (unpaired) electrons. The molecule has 8 heteroatoms. The number of nitrogens with one attached hydrogen (secondary N) is 2. The average Bonchev–Trinajstić information content (AvgIpc) is 3.39. The number of piperazine rings is 1. The van der Waals surface area contributed by atoms with Crippen LogP contribution in [0.5, 0.6) is 5.75 Å². The summed E-state index contributed by atoms with van der Waals surface area (Å²) in [5.74, 6) is 1.07. The number of aromatic nitrogens is 1. The number of benzene rings is 3.